The normalized spacial score (nSPS) is 18.4. The fraction of sp³-hybridized carbons (Fsp3) is 0.647. The maximum Gasteiger partial charge on any atom is 0.290 e. The number of nitrogens with one attached hydrogen (secondary N) is 1. The summed E-state index contributed by atoms with van der Waals surface area (Å²) >= 11 is 0. The van der Waals surface area contributed by atoms with Gasteiger partial charge in [0.05, 0.1) is 0 Å². The number of rotatable bonds is 5. The van der Waals surface area contributed by atoms with Crippen molar-refractivity contribution in [1.82, 2.24) is 10.2 Å². The smallest absolute Gasteiger partial charge is 0.290 e. The zero-order valence-electron chi connectivity index (χ0n) is 14.4. The fourth-order valence-electron chi connectivity index (χ4n) is 2.89. The zero-order valence-corrected chi connectivity index (χ0v) is 14.4. The highest BCUT2D eigenvalue weighted by Crippen LogP contribution is 2.41. The molecule has 24 heavy (non-hydrogen) atoms. The molecule has 1 aromatic rings. The summed E-state index contributed by atoms with van der Waals surface area (Å²) in [6, 6.07) is 2.94. The number of aliphatic hydroxyl groups is 1. The number of hydrogen-bond donors (Lipinski definition) is 3. The van der Waals surface area contributed by atoms with E-state index in [4.69, 9.17) is 4.74 Å². The summed E-state index contributed by atoms with van der Waals surface area (Å²) in [4.78, 5) is 1.59. The minimum atomic E-state index is -3.38. The molecule has 0 radical (unpaired) electrons. The van der Waals surface area contributed by atoms with Gasteiger partial charge in [-0.2, -0.15) is 0 Å². The van der Waals surface area contributed by atoms with Crippen LogP contribution in [0.4, 0.5) is 8.78 Å². The van der Waals surface area contributed by atoms with Gasteiger partial charge < -0.3 is 20.3 Å². The summed E-state index contributed by atoms with van der Waals surface area (Å²) in [6.45, 7) is 6.26. The van der Waals surface area contributed by atoms with Crippen LogP contribution in [0, 0.1) is 0 Å². The van der Waals surface area contributed by atoms with E-state index in [1.54, 1.807) is 11.0 Å². The summed E-state index contributed by atoms with van der Waals surface area (Å²) in [6.07, 6.45) is 0. The van der Waals surface area contributed by atoms with E-state index < -0.39 is 24.2 Å². The molecule has 1 fully saturated rings. The number of aromatic hydroxyl groups is 1. The molecule has 0 unspecified atom stereocenters. The first kappa shape index (κ1) is 18.9. The number of piperazine rings is 1. The van der Waals surface area contributed by atoms with Gasteiger partial charge in [0.2, 0.25) is 0 Å². The maximum atomic E-state index is 14.5. The highest BCUT2D eigenvalue weighted by Gasteiger charge is 2.45. The van der Waals surface area contributed by atoms with Crippen molar-refractivity contribution in [2.45, 2.75) is 38.3 Å². The number of halogens is 2. The summed E-state index contributed by atoms with van der Waals surface area (Å²) in [7, 11) is 0. The highest BCUT2D eigenvalue weighted by atomic mass is 19.3. The minimum Gasteiger partial charge on any atom is -0.508 e. The van der Waals surface area contributed by atoms with E-state index in [0.29, 0.717) is 31.9 Å². The molecule has 1 aliphatic rings. The number of phenolic OH excluding ortho intramolecular Hbond substituents is 1. The summed E-state index contributed by atoms with van der Waals surface area (Å²) in [5, 5.41) is 22.5. The maximum absolute atomic E-state index is 14.5. The molecule has 1 aromatic carbocycles. The van der Waals surface area contributed by atoms with Gasteiger partial charge in [-0.15, -0.1) is 0 Å². The Labute approximate surface area is 141 Å². The topological polar surface area (TPSA) is 65.0 Å². The molecule has 0 aliphatic carbocycles. The average molecular weight is 344 g/mol. The average Bonchev–Trinajstić information content (AvgIpc) is 2.50. The minimum absolute atomic E-state index is 0.0673. The van der Waals surface area contributed by atoms with Crippen molar-refractivity contribution in [2.75, 3.05) is 32.8 Å². The fourth-order valence-corrected chi connectivity index (χ4v) is 2.89. The predicted molar refractivity (Wildman–Crippen MR) is 87.7 cm³/mol. The van der Waals surface area contributed by atoms with Gasteiger partial charge in [-0.1, -0.05) is 0 Å². The standard InChI is InChI=1S/C17H26F2N2O3/c1-16(2,3)24-12-4-5-14(23)13(10-12)15(17(18,19)11-22)21-8-6-20-7-9-21/h4-5,10,15,20,22-23H,6-9,11H2,1-3H3/t15-/m1/s1. The van der Waals surface area contributed by atoms with Gasteiger partial charge in [-0.05, 0) is 39.0 Å². The Balaban J connectivity index is 2.42. The van der Waals surface area contributed by atoms with Gasteiger partial charge in [-0.25, -0.2) is 8.78 Å². The summed E-state index contributed by atoms with van der Waals surface area (Å²) < 4.78 is 34.7. The van der Waals surface area contributed by atoms with Gasteiger partial charge in [0.15, 0.2) is 0 Å². The second kappa shape index (κ2) is 7.21. The third kappa shape index (κ3) is 4.55. The Morgan fingerprint density at radius 3 is 2.42 bits per heavy atom. The van der Waals surface area contributed by atoms with Gasteiger partial charge in [-0.3, -0.25) is 4.90 Å². The van der Waals surface area contributed by atoms with E-state index in [1.165, 1.54) is 12.1 Å². The van der Waals surface area contributed by atoms with Crippen LogP contribution in [-0.4, -0.2) is 59.4 Å². The number of phenols is 1. The van der Waals surface area contributed by atoms with Gasteiger partial charge in [0.25, 0.3) is 5.92 Å². The molecule has 0 aromatic heterocycles. The lowest BCUT2D eigenvalue weighted by Crippen LogP contribution is -2.51. The molecule has 2 rings (SSSR count). The van der Waals surface area contributed by atoms with Gasteiger partial charge >= 0.3 is 0 Å². The van der Waals surface area contributed by atoms with Crippen molar-refractivity contribution in [3.05, 3.63) is 23.8 Å². The molecule has 136 valence electrons. The van der Waals surface area contributed by atoms with Crippen molar-refractivity contribution < 1.29 is 23.7 Å². The number of ether oxygens (including phenoxy) is 1. The van der Waals surface area contributed by atoms with Crippen LogP contribution in [0.1, 0.15) is 32.4 Å². The molecular formula is C17H26F2N2O3. The van der Waals surface area contributed by atoms with Crippen molar-refractivity contribution in [3.63, 3.8) is 0 Å². The number of benzene rings is 1. The molecule has 5 nitrogen and oxygen atoms in total. The third-order valence-corrected chi connectivity index (χ3v) is 3.85. The van der Waals surface area contributed by atoms with Crippen LogP contribution in [0.5, 0.6) is 11.5 Å². The predicted octanol–water partition coefficient (Wildman–Crippen LogP) is 2.14. The van der Waals surface area contributed by atoms with Crippen LogP contribution in [-0.2, 0) is 0 Å². The van der Waals surface area contributed by atoms with Gasteiger partial charge in [0, 0.05) is 31.7 Å². The third-order valence-electron chi connectivity index (χ3n) is 3.85. The summed E-state index contributed by atoms with van der Waals surface area (Å²) in [5.41, 5.74) is -0.421. The molecule has 1 heterocycles. The second-order valence-corrected chi connectivity index (χ2v) is 7.04. The van der Waals surface area contributed by atoms with E-state index in [-0.39, 0.29) is 11.3 Å². The van der Waals surface area contributed by atoms with E-state index in [1.807, 2.05) is 20.8 Å². The van der Waals surface area contributed by atoms with Crippen LogP contribution in [0.3, 0.4) is 0 Å². The van der Waals surface area contributed by atoms with E-state index >= 15 is 0 Å². The lowest BCUT2D eigenvalue weighted by atomic mass is 9.97. The molecular weight excluding hydrogens is 318 g/mol. The first-order chi connectivity index (χ1) is 11.1. The van der Waals surface area contributed by atoms with Crippen molar-refractivity contribution in [2.24, 2.45) is 0 Å². The Morgan fingerprint density at radius 2 is 1.88 bits per heavy atom. The summed E-state index contributed by atoms with van der Waals surface area (Å²) in [5.74, 6) is -3.20. The van der Waals surface area contributed by atoms with Gasteiger partial charge in [0.1, 0.15) is 29.7 Å². The quantitative estimate of drug-likeness (QED) is 0.764. The molecule has 3 N–H and O–H groups in total. The van der Waals surface area contributed by atoms with Crippen LogP contribution < -0.4 is 10.1 Å². The van der Waals surface area contributed by atoms with Crippen LogP contribution in [0.25, 0.3) is 0 Å². The SMILES string of the molecule is CC(C)(C)Oc1ccc(O)c([C@@H](N2CCNCC2)C(F)(F)CO)c1. The monoisotopic (exact) mass is 344 g/mol. The molecule has 0 bridgehead atoms. The molecule has 1 saturated heterocycles. The first-order valence-corrected chi connectivity index (χ1v) is 8.09. The largest absolute Gasteiger partial charge is 0.508 e. The Kier molecular flexibility index (Phi) is 5.67. The van der Waals surface area contributed by atoms with E-state index in [0.717, 1.165) is 0 Å². The number of hydrogen-bond acceptors (Lipinski definition) is 5. The molecule has 1 atom stereocenters. The lowest BCUT2D eigenvalue weighted by molar-refractivity contribution is -0.119. The molecule has 0 spiro atoms. The number of nitrogens with zero attached hydrogens (tertiary/aromatic N) is 1. The lowest BCUT2D eigenvalue weighted by Gasteiger charge is -2.39. The molecule has 1 aliphatic heterocycles. The molecule has 7 heteroatoms. The number of alkyl halides is 2. The Bertz CT molecular complexity index is 555. The van der Waals surface area contributed by atoms with Crippen LogP contribution >= 0.6 is 0 Å². The van der Waals surface area contributed by atoms with Crippen LogP contribution in [0.15, 0.2) is 18.2 Å². The van der Waals surface area contributed by atoms with Crippen molar-refractivity contribution in [1.29, 1.82) is 0 Å². The van der Waals surface area contributed by atoms with Crippen molar-refractivity contribution >= 4 is 0 Å². The number of aliphatic hydroxyl groups excluding tert-OH is 1. The Hall–Kier alpha value is -1.44. The first-order valence-electron chi connectivity index (χ1n) is 8.09. The molecule has 0 amide bonds. The van der Waals surface area contributed by atoms with E-state index in [9.17, 15) is 19.0 Å². The van der Waals surface area contributed by atoms with Crippen molar-refractivity contribution in [3.8, 4) is 11.5 Å². The highest BCUT2D eigenvalue weighted by molar-refractivity contribution is 5.42. The second-order valence-electron chi connectivity index (χ2n) is 7.04. The molecule has 0 saturated carbocycles. The van der Waals surface area contributed by atoms with E-state index in [2.05, 4.69) is 5.32 Å². The van der Waals surface area contributed by atoms with Crippen LogP contribution in [0.2, 0.25) is 0 Å². The Morgan fingerprint density at radius 1 is 1.25 bits per heavy atom. The zero-order chi connectivity index (χ0) is 18.0.